The van der Waals surface area contributed by atoms with E-state index in [0.717, 1.165) is 85.0 Å². The molecule has 5 rings (SSSR count). The largest absolute Gasteiger partial charge is 0.477 e. The molecular formula is C89H160N4O37. The van der Waals surface area contributed by atoms with Gasteiger partial charge in [-0.1, -0.05) is 239 Å². The van der Waals surface area contributed by atoms with Crippen LogP contribution in [0.1, 0.15) is 298 Å². The van der Waals surface area contributed by atoms with Gasteiger partial charge >= 0.3 is 17.9 Å². The first-order chi connectivity index (χ1) is 62.0. The molecule has 24 N–H and O–H groups in total. The summed E-state index contributed by atoms with van der Waals surface area (Å²) < 4.78 is 58.4. The van der Waals surface area contributed by atoms with Crippen molar-refractivity contribution >= 4 is 41.5 Å². The van der Waals surface area contributed by atoms with Crippen molar-refractivity contribution in [1.82, 2.24) is 21.3 Å². The molecule has 3 unspecified atom stereocenters. The number of carboxylic acids is 3. The molecule has 0 saturated carbocycles. The van der Waals surface area contributed by atoms with E-state index >= 15 is 0 Å². The molecule has 30 atom stereocenters. The minimum atomic E-state index is -3.57. The van der Waals surface area contributed by atoms with E-state index in [2.05, 4.69) is 35.1 Å². The minimum Gasteiger partial charge on any atom is -0.477 e. The molecular weight excluding hydrogens is 1720 g/mol. The van der Waals surface area contributed by atoms with Gasteiger partial charge < -0.3 is 171 Å². The van der Waals surface area contributed by atoms with Crippen molar-refractivity contribution in [2.24, 2.45) is 0 Å². The highest BCUT2D eigenvalue weighted by Crippen LogP contribution is 2.43. The normalized spacial score (nSPS) is 31.4. The second-order valence-electron chi connectivity index (χ2n) is 36.0. The molecule has 5 fully saturated rings. The molecule has 0 aromatic heterocycles. The van der Waals surface area contributed by atoms with E-state index in [1.807, 2.05) is 0 Å². The van der Waals surface area contributed by atoms with Crippen LogP contribution in [-0.2, 0) is 80.9 Å². The van der Waals surface area contributed by atoms with E-state index in [-0.39, 0.29) is 18.7 Å². The Morgan fingerprint density at radius 3 is 1.07 bits per heavy atom. The minimum absolute atomic E-state index is 0.148. The van der Waals surface area contributed by atoms with Crippen molar-refractivity contribution in [3.63, 3.8) is 0 Å². The Morgan fingerprint density at radius 2 is 0.723 bits per heavy atom. The number of hydrogen-bond acceptors (Lipinski definition) is 34. The van der Waals surface area contributed by atoms with Gasteiger partial charge in [-0.05, 0) is 12.8 Å². The predicted molar refractivity (Wildman–Crippen MR) is 461 cm³/mol. The molecule has 0 aliphatic carbocycles. The number of amides is 4. The fourth-order valence-corrected chi connectivity index (χ4v) is 17.8. The number of aliphatic hydroxyl groups is 17. The molecule has 758 valence electrons. The van der Waals surface area contributed by atoms with Crippen molar-refractivity contribution in [2.45, 2.75) is 480 Å². The number of rotatable bonds is 68. The van der Waals surface area contributed by atoms with Gasteiger partial charge in [0.1, 0.15) is 104 Å². The van der Waals surface area contributed by atoms with Gasteiger partial charge in [0.2, 0.25) is 23.6 Å². The zero-order valence-corrected chi connectivity index (χ0v) is 76.7. The third kappa shape index (κ3) is 36.3. The van der Waals surface area contributed by atoms with Crippen molar-refractivity contribution in [3.05, 3.63) is 0 Å². The first kappa shape index (κ1) is 116. The lowest BCUT2D eigenvalue weighted by Crippen LogP contribution is -2.72. The summed E-state index contributed by atoms with van der Waals surface area (Å²) in [5.41, 5.74) is 0. The summed E-state index contributed by atoms with van der Waals surface area (Å²) in [5, 5.41) is 236. The molecule has 5 heterocycles. The Morgan fingerprint density at radius 1 is 0.385 bits per heavy atom. The van der Waals surface area contributed by atoms with Gasteiger partial charge in [-0.15, -0.1) is 0 Å². The summed E-state index contributed by atoms with van der Waals surface area (Å²) in [5.74, 6) is -20.5. The van der Waals surface area contributed by atoms with Crippen LogP contribution in [0.3, 0.4) is 0 Å². The lowest BCUT2D eigenvalue weighted by Gasteiger charge is -2.51. The smallest absolute Gasteiger partial charge is 0.364 e. The third-order valence-corrected chi connectivity index (χ3v) is 25.3. The monoisotopic (exact) mass is 1880 g/mol. The maximum absolute atomic E-state index is 13.9. The molecule has 5 aliphatic heterocycles. The molecule has 4 amide bonds. The SMILES string of the molecule is CCCCCCCCCCCCCCCCCCCCCCCCCC(=O)N[C@@H](CO[C@@H]1O[C@H](CO)[C@@H](O[C@@H]2O[C@H](CO)[C@H](O)[C@H](O[C@]3(C(=O)O)C[C@H](O)[C@@H](NC(C)=O)C([C@H](O)[C@@H](CO)O[C@]4(C(=O)O)C[C@H](O)[C@@H](NC(C)=O)C([C@H](O)[C@@H](CO)O[C@]5(C(=O)O)C[C@H](O)[C@@H](NC(C)=O)C([C@H](O)[C@H](O)CO)O5)O4)O3)[C@H]2O)[C@H](O)[C@H]1O)[C@H](O)CCCCCCCCCCCCCCC. The molecule has 0 aromatic carbocycles. The van der Waals surface area contributed by atoms with Crippen LogP contribution in [0.5, 0.6) is 0 Å². The Labute approximate surface area is 762 Å². The lowest BCUT2D eigenvalue weighted by atomic mass is 9.86. The zero-order chi connectivity index (χ0) is 96.3. The van der Waals surface area contributed by atoms with E-state index in [4.69, 9.17) is 47.4 Å². The van der Waals surface area contributed by atoms with E-state index in [9.17, 15) is 136 Å². The van der Waals surface area contributed by atoms with Gasteiger partial charge in [-0.2, -0.15) is 0 Å². The highest BCUT2D eigenvalue weighted by atomic mass is 16.8. The summed E-state index contributed by atoms with van der Waals surface area (Å²) in [7, 11) is 0. The van der Waals surface area contributed by atoms with Crippen molar-refractivity contribution in [1.29, 1.82) is 0 Å². The van der Waals surface area contributed by atoms with Gasteiger partial charge in [0, 0.05) is 46.5 Å². The standard InChI is InChI=1S/C89H160N4O37/c1-6-8-10-12-14-16-18-20-21-22-23-24-25-26-27-28-29-31-33-35-37-39-41-43-66(107)93-56(57(102)42-40-38-36-34-32-30-19-17-15-13-11-9-7-2)52-121-82-75(113)74(112)77(65(51-98)123-82)124-83-76(114)81(71(109)62(48-95)122-83)130-89(86(119)120)46-60(105)69(92-55(5)101)80(129-89)73(111)64(50-97)126-88(85(117)118)45-59(104)68(91-54(4)100)79(128-88)72(110)63(49-96)125-87(84(115)116)44-58(103)67(90-53(3)99)78(127-87)70(108)61(106)47-94/h56-65,67-83,94-98,102-106,108-114H,6-52H2,1-5H3,(H,90,99)(H,91,100)(H,92,101)(H,93,107)(H,115,116)(H,117,118)(H,119,120)/t56-,57+,58-,59-,60-,61+,62+,63+,64+,65+,67+,68+,69+,70+,71-,72+,73+,74+,75+,76+,77+,78?,79?,80?,81-,82+,83-,87+,88+,89-/m0/s1. The summed E-state index contributed by atoms with van der Waals surface area (Å²) in [4.78, 5) is 92.4. The number of carboxylic acid groups (broad SMARTS) is 3. The van der Waals surface area contributed by atoms with Gasteiger partial charge in [0.15, 0.2) is 12.6 Å². The van der Waals surface area contributed by atoms with Crippen LogP contribution in [0, 0.1) is 0 Å². The fraction of sp³-hybridized carbons (Fsp3) is 0.921. The maximum atomic E-state index is 13.9. The number of aliphatic hydroxyl groups excluding tert-OH is 17. The Balaban J connectivity index is 1.29. The van der Waals surface area contributed by atoms with Gasteiger partial charge in [-0.3, -0.25) is 19.2 Å². The average molecular weight is 1880 g/mol. The molecule has 0 bridgehead atoms. The highest BCUT2D eigenvalue weighted by molar-refractivity contribution is 5.79. The highest BCUT2D eigenvalue weighted by Gasteiger charge is 2.64. The maximum Gasteiger partial charge on any atom is 0.364 e. The number of carbonyl (C=O) groups excluding carboxylic acids is 4. The molecule has 41 heteroatoms. The van der Waals surface area contributed by atoms with Crippen LogP contribution in [0.4, 0.5) is 0 Å². The number of hydrogen-bond donors (Lipinski definition) is 24. The van der Waals surface area contributed by atoms with E-state index < -0.39 is 277 Å². The number of ether oxygens (including phenoxy) is 10. The summed E-state index contributed by atoms with van der Waals surface area (Å²) in [6.45, 7) is 0.0474. The summed E-state index contributed by atoms with van der Waals surface area (Å²) in [6, 6.07) is -6.94. The second-order valence-corrected chi connectivity index (χ2v) is 36.0. The fourth-order valence-electron chi connectivity index (χ4n) is 17.8. The van der Waals surface area contributed by atoms with Crippen LogP contribution in [0.2, 0.25) is 0 Å². The van der Waals surface area contributed by atoms with Gasteiger partial charge in [0.05, 0.1) is 88.2 Å². The van der Waals surface area contributed by atoms with Crippen LogP contribution in [-0.4, -0.2) is 366 Å². The van der Waals surface area contributed by atoms with Crippen molar-refractivity contribution < 1.29 is 183 Å². The summed E-state index contributed by atoms with van der Waals surface area (Å²) >= 11 is 0. The second kappa shape index (κ2) is 60.7. The van der Waals surface area contributed by atoms with Crippen LogP contribution < -0.4 is 21.3 Å². The number of carbonyl (C=O) groups is 7. The molecule has 130 heavy (non-hydrogen) atoms. The molecule has 0 radical (unpaired) electrons. The van der Waals surface area contributed by atoms with Crippen LogP contribution in [0.15, 0.2) is 0 Å². The van der Waals surface area contributed by atoms with Crippen LogP contribution in [0.25, 0.3) is 0 Å². The molecule has 41 nitrogen and oxygen atoms in total. The van der Waals surface area contributed by atoms with Gasteiger partial charge in [0.25, 0.3) is 17.4 Å². The quantitative estimate of drug-likeness (QED) is 0.0375. The molecule has 5 saturated heterocycles. The topological polar surface area (TPSA) is 665 Å². The van der Waals surface area contributed by atoms with E-state index in [1.54, 1.807) is 0 Å². The predicted octanol–water partition coefficient (Wildman–Crippen LogP) is 0.858. The van der Waals surface area contributed by atoms with Crippen molar-refractivity contribution in [3.8, 4) is 0 Å². The average Bonchev–Trinajstić information content (AvgIpc) is 0.748. The Kier molecular flexibility index (Phi) is 54.1. The lowest BCUT2D eigenvalue weighted by molar-refractivity contribution is -0.388. The summed E-state index contributed by atoms with van der Waals surface area (Å²) in [6.07, 6.45) is -13.0. The first-order valence-electron chi connectivity index (χ1n) is 47.7. The van der Waals surface area contributed by atoms with E-state index in [0.29, 0.717) is 12.8 Å². The Bertz CT molecular complexity index is 3200. The van der Waals surface area contributed by atoms with Crippen LogP contribution >= 0.6 is 0 Å². The van der Waals surface area contributed by atoms with E-state index in [1.165, 1.54) is 154 Å². The molecule has 0 aromatic rings. The first-order valence-corrected chi connectivity index (χ1v) is 47.7. The molecule has 5 aliphatic rings. The number of nitrogens with one attached hydrogen (secondary N) is 4. The number of aliphatic carboxylic acids is 3. The zero-order valence-electron chi connectivity index (χ0n) is 76.7. The third-order valence-electron chi connectivity index (χ3n) is 25.3. The van der Waals surface area contributed by atoms with Gasteiger partial charge in [-0.25, -0.2) is 14.4 Å². The Hall–Kier alpha value is -4.79. The molecule has 0 spiro atoms. The number of unbranched alkanes of at least 4 members (excludes halogenated alkanes) is 34. The van der Waals surface area contributed by atoms with Crippen molar-refractivity contribution in [2.75, 3.05) is 39.6 Å².